The number of hydrogen-bond acceptors (Lipinski definition) is 1. The standard InChI is InChI=1S/C16H22ClN3.HI/c1-3-11-19-15(18-2)20-12-16(9-4-10-16)13-5-7-14(17)8-6-13;/h3,5-8H,1,4,9-12H2,2H3,(H2,18,19,20);1H. The molecular weight excluding hydrogens is 397 g/mol. The topological polar surface area (TPSA) is 36.4 Å². The van der Waals surface area contributed by atoms with Gasteiger partial charge in [0.15, 0.2) is 5.96 Å². The lowest BCUT2D eigenvalue weighted by molar-refractivity contribution is 0.244. The van der Waals surface area contributed by atoms with Crippen molar-refractivity contribution in [2.75, 3.05) is 20.1 Å². The number of benzene rings is 1. The van der Waals surface area contributed by atoms with Crippen LogP contribution in [0.3, 0.4) is 0 Å². The zero-order chi connectivity index (χ0) is 14.4. The van der Waals surface area contributed by atoms with Crippen molar-refractivity contribution in [3.05, 3.63) is 47.5 Å². The molecule has 0 amide bonds. The van der Waals surface area contributed by atoms with Crippen LogP contribution < -0.4 is 10.6 Å². The van der Waals surface area contributed by atoms with Crippen LogP contribution in [0.15, 0.2) is 41.9 Å². The molecule has 0 aromatic heterocycles. The molecule has 21 heavy (non-hydrogen) atoms. The highest BCUT2D eigenvalue weighted by molar-refractivity contribution is 14.0. The van der Waals surface area contributed by atoms with E-state index in [1.165, 1.54) is 24.8 Å². The van der Waals surface area contributed by atoms with Crippen molar-refractivity contribution in [2.24, 2.45) is 4.99 Å². The number of aliphatic imine (C=N–C) groups is 1. The molecule has 0 saturated heterocycles. The number of guanidine groups is 1. The maximum Gasteiger partial charge on any atom is 0.191 e. The van der Waals surface area contributed by atoms with Gasteiger partial charge in [-0.1, -0.05) is 36.2 Å². The van der Waals surface area contributed by atoms with Crippen LogP contribution in [-0.2, 0) is 5.41 Å². The Hall–Kier alpha value is -0.750. The highest BCUT2D eigenvalue weighted by atomic mass is 127. The zero-order valence-corrected chi connectivity index (χ0v) is 15.4. The number of halogens is 2. The van der Waals surface area contributed by atoms with Gasteiger partial charge < -0.3 is 10.6 Å². The number of nitrogens with zero attached hydrogens (tertiary/aromatic N) is 1. The Morgan fingerprint density at radius 3 is 2.48 bits per heavy atom. The zero-order valence-electron chi connectivity index (χ0n) is 12.4. The van der Waals surface area contributed by atoms with Crippen molar-refractivity contribution in [1.82, 2.24) is 10.6 Å². The van der Waals surface area contributed by atoms with Gasteiger partial charge in [-0.3, -0.25) is 4.99 Å². The highest BCUT2D eigenvalue weighted by Gasteiger charge is 2.38. The van der Waals surface area contributed by atoms with Crippen molar-refractivity contribution < 1.29 is 0 Å². The minimum absolute atomic E-state index is 0. The summed E-state index contributed by atoms with van der Waals surface area (Å²) in [7, 11) is 1.79. The molecular formula is C16H23ClIN3. The molecule has 2 N–H and O–H groups in total. The van der Waals surface area contributed by atoms with E-state index in [2.05, 4.69) is 34.3 Å². The van der Waals surface area contributed by atoms with E-state index < -0.39 is 0 Å². The molecule has 0 spiro atoms. The summed E-state index contributed by atoms with van der Waals surface area (Å²) >= 11 is 5.98. The molecule has 1 aromatic carbocycles. The van der Waals surface area contributed by atoms with E-state index in [1.54, 1.807) is 7.05 Å². The molecule has 2 rings (SSSR count). The van der Waals surface area contributed by atoms with Gasteiger partial charge in [0.05, 0.1) is 0 Å². The molecule has 0 heterocycles. The van der Waals surface area contributed by atoms with E-state index in [-0.39, 0.29) is 29.4 Å². The molecule has 1 fully saturated rings. The summed E-state index contributed by atoms with van der Waals surface area (Å²) in [4.78, 5) is 4.22. The Labute approximate surface area is 149 Å². The summed E-state index contributed by atoms with van der Waals surface area (Å²) in [6.45, 7) is 5.31. The Balaban J connectivity index is 0.00000220. The fourth-order valence-corrected chi connectivity index (χ4v) is 2.74. The summed E-state index contributed by atoms with van der Waals surface area (Å²) in [6.07, 6.45) is 5.52. The lowest BCUT2D eigenvalue weighted by atomic mass is 9.64. The maximum atomic E-state index is 5.98. The molecule has 0 radical (unpaired) electrons. The van der Waals surface area contributed by atoms with Crippen LogP contribution >= 0.6 is 35.6 Å². The van der Waals surface area contributed by atoms with Gasteiger partial charge in [-0.2, -0.15) is 0 Å². The van der Waals surface area contributed by atoms with Gasteiger partial charge in [0.25, 0.3) is 0 Å². The molecule has 0 aliphatic heterocycles. The average Bonchev–Trinajstić information content (AvgIpc) is 2.42. The van der Waals surface area contributed by atoms with E-state index in [0.29, 0.717) is 6.54 Å². The van der Waals surface area contributed by atoms with Gasteiger partial charge in [-0.05, 0) is 30.5 Å². The molecule has 5 heteroatoms. The number of nitrogens with one attached hydrogen (secondary N) is 2. The minimum atomic E-state index is 0. The fourth-order valence-electron chi connectivity index (χ4n) is 2.62. The summed E-state index contributed by atoms with van der Waals surface area (Å²) in [5.74, 6) is 0.824. The van der Waals surface area contributed by atoms with Gasteiger partial charge in [-0.25, -0.2) is 0 Å². The largest absolute Gasteiger partial charge is 0.356 e. The van der Waals surface area contributed by atoms with Crippen molar-refractivity contribution in [2.45, 2.75) is 24.7 Å². The molecule has 0 unspecified atom stereocenters. The first-order valence-electron chi connectivity index (χ1n) is 7.02. The predicted molar refractivity (Wildman–Crippen MR) is 102 cm³/mol. The smallest absolute Gasteiger partial charge is 0.191 e. The molecule has 1 aromatic rings. The molecule has 0 atom stereocenters. The quantitative estimate of drug-likeness (QED) is 0.330. The average molecular weight is 420 g/mol. The van der Waals surface area contributed by atoms with Crippen LogP contribution in [-0.4, -0.2) is 26.1 Å². The van der Waals surface area contributed by atoms with E-state index in [0.717, 1.165) is 17.5 Å². The second-order valence-electron chi connectivity index (χ2n) is 5.24. The van der Waals surface area contributed by atoms with Crippen molar-refractivity contribution in [1.29, 1.82) is 0 Å². The third-order valence-electron chi connectivity index (χ3n) is 4.00. The minimum Gasteiger partial charge on any atom is -0.356 e. The third kappa shape index (κ3) is 4.61. The van der Waals surface area contributed by atoms with Gasteiger partial charge in [-0.15, -0.1) is 30.6 Å². The van der Waals surface area contributed by atoms with Crippen LogP contribution in [0, 0.1) is 0 Å². The normalized spacial score (nSPS) is 16.4. The summed E-state index contributed by atoms with van der Waals surface area (Å²) in [5, 5.41) is 7.41. The van der Waals surface area contributed by atoms with Gasteiger partial charge in [0.1, 0.15) is 0 Å². The van der Waals surface area contributed by atoms with Gasteiger partial charge in [0.2, 0.25) is 0 Å². The molecule has 116 valence electrons. The first kappa shape index (κ1) is 18.3. The number of hydrogen-bond donors (Lipinski definition) is 2. The van der Waals surface area contributed by atoms with Gasteiger partial charge in [0, 0.05) is 30.6 Å². The second-order valence-corrected chi connectivity index (χ2v) is 5.67. The van der Waals surface area contributed by atoms with Crippen molar-refractivity contribution >= 4 is 41.5 Å². The Kier molecular flexibility index (Phi) is 7.52. The highest BCUT2D eigenvalue weighted by Crippen LogP contribution is 2.43. The van der Waals surface area contributed by atoms with Gasteiger partial charge >= 0.3 is 0 Å². The van der Waals surface area contributed by atoms with Crippen LogP contribution in [0.25, 0.3) is 0 Å². The first-order chi connectivity index (χ1) is 9.70. The third-order valence-corrected chi connectivity index (χ3v) is 4.25. The summed E-state index contributed by atoms with van der Waals surface area (Å²) in [5.41, 5.74) is 1.58. The monoisotopic (exact) mass is 419 g/mol. The Bertz CT molecular complexity index is 481. The molecule has 1 saturated carbocycles. The van der Waals surface area contributed by atoms with E-state index >= 15 is 0 Å². The second kappa shape index (κ2) is 8.63. The van der Waals surface area contributed by atoms with Crippen LogP contribution in [0.4, 0.5) is 0 Å². The lowest BCUT2D eigenvalue weighted by Gasteiger charge is -2.43. The fraction of sp³-hybridized carbons (Fsp3) is 0.438. The van der Waals surface area contributed by atoms with Crippen LogP contribution in [0.2, 0.25) is 5.02 Å². The predicted octanol–water partition coefficient (Wildman–Crippen LogP) is 3.73. The molecule has 0 bridgehead atoms. The first-order valence-corrected chi connectivity index (χ1v) is 7.39. The Morgan fingerprint density at radius 1 is 1.33 bits per heavy atom. The lowest BCUT2D eigenvalue weighted by Crippen LogP contribution is -2.48. The maximum absolute atomic E-state index is 5.98. The van der Waals surface area contributed by atoms with Crippen LogP contribution in [0.1, 0.15) is 24.8 Å². The number of rotatable bonds is 5. The Morgan fingerprint density at radius 2 is 2.00 bits per heavy atom. The van der Waals surface area contributed by atoms with E-state index in [9.17, 15) is 0 Å². The molecule has 1 aliphatic carbocycles. The van der Waals surface area contributed by atoms with E-state index in [4.69, 9.17) is 11.6 Å². The van der Waals surface area contributed by atoms with E-state index in [1.807, 2.05) is 18.2 Å². The summed E-state index contributed by atoms with van der Waals surface area (Å²) in [6, 6.07) is 8.23. The van der Waals surface area contributed by atoms with Crippen molar-refractivity contribution in [3.63, 3.8) is 0 Å². The van der Waals surface area contributed by atoms with Crippen LogP contribution in [0.5, 0.6) is 0 Å². The van der Waals surface area contributed by atoms with Crippen molar-refractivity contribution in [3.8, 4) is 0 Å². The SMILES string of the molecule is C=CCNC(=NC)NCC1(c2ccc(Cl)cc2)CCC1.I. The summed E-state index contributed by atoms with van der Waals surface area (Å²) < 4.78 is 0. The molecule has 3 nitrogen and oxygen atoms in total. The molecule has 1 aliphatic rings.